The van der Waals surface area contributed by atoms with Crippen LogP contribution in [0, 0.1) is 0 Å². The Hall–Kier alpha value is -2.74. The van der Waals surface area contributed by atoms with Crippen molar-refractivity contribution in [1.29, 1.82) is 0 Å². The zero-order valence-corrected chi connectivity index (χ0v) is 14.3. The third-order valence-electron chi connectivity index (χ3n) is 3.69. The minimum Gasteiger partial charge on any atom is -0.490 e. The molecule has 0 fully saturated rings. The van der Waals surface area contributed by atoms with Crippen molar-refractivity contribution in [2.75, 3.05) is 43.6 Å². The number of hydrogen-bond donors (Lipinski definition) is 3. The Morgan fingerprint density at radius 3 is 3.08 bits per heavy atom. The molecular formula is C17H24N4O4. The summed E-state index contributed by atoms with van der Waals surface area (Å²) in [7, 11) is 1.73. The lowest BCUT2D eigenvalue weighted by Crippen LogP contribution is -2.32. The van der Waals surface area contributed by atoms with E-state index in [4.69, 9.17) is 19.4 Å². The van der Waals surface area contributed by atoms with E-state index >= 15 is 0 Å². The number of anilines is 2. The molecule has 3 rings (SSSR count). The van der Waals surface area contributed by atoms with Gasteiger partial charge in [0.05, 0.1) is 30.8 Å². The molecule has 8 nitrogen and oxygen atoms in total. The second kappa shape index (κ2) is 10.2. The van der Waals surface area contributed by atoms with Crippen molar-refractivity contribution in [3.05, 3.63) is 36.4 Å². The molecule has 3 N–H and O–H groups in total. The summed E-state index contributed by atoms with van der Waals surface area (Å²) in [5, 5.41) is 10.3. The largest absolute Gasteiger partial charge is 0.490 e. The summed E-state index contributed by atoms with van der Waals surface area (Å²) in [5.41, 5.74) is 3.33. The lowest BCUT2D eigenvalue weighted by Gasteiger charge is -2.31. The van der Waals surface area contributed by atoms with Crippen molar-refractivity contribution < 1.29 is 19.4 Å². The molecule has 0 saturated heterocycles. The first kappa shape index (κ1) is 18.6. The average molecular weight is 348 g/mol. The fraction of sp³-hybridized carbons (Fsp3) is 0.412. The van der Waals surface area contributed by atoms with Gasteiger partial charge in [0, 0.05) is 32.1 Å². The van der Waals surface area contributed by atoms with E-state index < -0.39 is 0 Å². The molecule has 0 amide bonds. The summed E-state index contributed by atoms with van der Waals surface area (Å²) in [6.45, 7) is 3.81. The van der Waals surface area contributed by atoms with Crippen molar-refractivity contribution in [3.63, 3.8) is 0 Å². The van der Waals surface area contributed by atoms with Crippen LogP contribution in [0.25, 0.3) is 0 Å². The van der Waals surface area contributed by atoms with Gasteiger partial charge in [0.25, 0.3) is 6.47 Å². The number of aromatic amines is 1. The number of benzene rings is 1. The number of carboxylic acid groups (broad SMARTS) is 1. The third-order valence-corrected chi connectivity index (χ3v) is 3.69. The van der Waals surface area contributed by atoms with E-state index in [1.807, 2.05) is 12.3 Å². The molecule has 1 aromatic carbocycles. The van der Waals surface area contributed by atoms with Crippen LogP contribution in [0.1, 0.15) is 12.1 Å². The van der Waals surface area contributed by atoms with Gasteiger partial charge in [-0.3, -0.25) is 4.79 Å². The Labute approximate surface area is 146 Å². The van der Waals surface area contributed by atoms with Crippen LogP contribution in [-0.2, 0) is 16.1 Å². The second-order valence-electron chi connectivity index (χ2n) is 5.41. The van der Waals surface area contributed by atoms with E-state index in [0.717, 1.165) is 55.5 Å². The topological polar surface area (TPSA) is 99.7 Å². The van der Waals surface area contributed by atoms with Crippen molar-refractivity contribution in [3.8, 4) is 5.75 Å². The smallest absolute Gasteiger partial charge is 0.290 e. The van der Waals surface area contributed by atoms with Crippen molar-refractivity contribution >= 4 is 17.8 Å². The monoisotopic (exact) mass is 348 g/mol. The molecule has 0 radical (unpaired) electrons. The fourth-order valence-electron chi connectivity index (χ4n) is 2.57. The maximum atomic E-state index is 8.36. The zero-order chi connectivity index (χ0) is 17.9. The molecule has 1 aliphatic rings. The van der Waals surface area contributed by atoms with Crippen molar-refractivity contribution in [2.24, 2.45) is 0 Å². The van der Waals surface area contributed by atoms with Gasteiger partial charge in [0.2, 0.25) is 0 Å². The Bertz CT molecular complexity index is 634. The molecule has 2 aromatic rings. The number of fused-ring (bicyclic) bond motifs is 1. The highest BCUT2D eigenvalue weighted by atomic mass is 16.5. The molecule has 0 aliphatic carbocycles. The van der Waals surface area contributed by atoms with Crippen LogP contribution in [-0.4, -0.2) is 55.0 Å². The van der Waals surface area contributed by atoms with Gasteiger partial charge >= 0.3 is 0 Å². The quantitative estimate of drug-likeness (QED) is 0.519. The average Bonchev–Trinajstić information content (AvgIpc) is 3.13. The zero-order valence-electron chi connectivity index (χ0n) is 14.3. The molecule has 0 unspecified atom stereocenters. The summed E-state index contributed by atoms with van der Waals surface area (Å²) in [4.78, 5) is 17.9. The molecule has 8 heteroatoms. The highest BCUT2D eigenvalue weighted by molar-refractivity contribution is 5.67. The molecular weight excluding hydrogens is 324 g/mol. The minimum absolute atomic E-state index is 0.250. The maximum Gasteiger partial charge on any atom is 0.290 e. The molecule has 0 atom stereocenters. The Morgan fingerprint density at radius 2 is 2.36 bits per heavy atom. The van der Waals surface area contributed by atoms with Crippen LogP contribution in [0.3, 0.4) is 0 Å². The highest BCUT2D eigenvalue weighted by Crippen LogP contribution is 2.34. The van der Waals surface area contributed by atoms with Crippen LogP contribution in [0.4, 0.5) is 11.4 Å². The first-order valence-corrected chi connectivity index (χ1v) is 8.08. The van der Waals surface area contributed by atoms with Gasteiger partial charge < -0.3 is 29.8 Å². The second-order valence-corrected chi connectivity index (χ2v) is 5.41. The number of nitrogens with one attached hydrogen (secondary N) is 2. The Morgan fingerprint density at radius 1 is 1.52 bits per heavy atom. The van der Waals surface area contributed by atoms with Crippen LogP contribution in [0.5, 0.6) is 5.75 Å². The van der Waals surface area contributed by atoms with Gasteiger partial charge in [-0.2, -0.15) is 0 Å². The van der Waals surface area contributed by atoms with Gasteiger partial charge in [-0.1, -0.05) is 0 Å². The molecule has 2 heterocycles. The van der Waals surface area contributed by atoms with Crippen LogP contribution < -0.4 is 15.0 Å². The number of nitrogens with zero attached hydrogens (tertiary/aromatic N) is 2. The number of aromatic nitrogens is 2. The SMILES string of the molecule is COCCCNc1ccc2c(c1)N(Cc1cnc[nH]1)CCO2.O=CO. The summed E-state index contributed by atoms with van der Waals surface area (Å²) < 4.78 is 10.8. The maximum absolute atomic E-state index is 8.36. The number of methoxy groups -OCH3 is 1. The summed E-state index contributed by atoms with van der Waals surface area (Å²) in [6, 6.07) is 6.25. The summed E-state index contributed by atoms with van der Waals surface area (Å²) in [5.74, 6) is 0.938. The molecule has 1 aliphatic heterocycles. The van der Waals surface area contributed by atoms with Gasteiger partial charge in [0.1, 0.15) is 12.4 Å². The normalized spacial score (nSPS) is 12.4. The fourth-order valence-corrected chi connectivity index (χ4v) is 2.57. The van der Waals surface area contributed by atoms with Crippen molar-refractivity contribution in [2.45, 2.75) is 13.0 Å². The number of imidazole rings is 1. The molecule has 25 heavy (non-hydrogen) atoms. The number of carbonyl (C=O) groups is 1. The van der Waals surface area contributed by atoms with E-state index in [-0.39, 0.29) is 6.47 Å². The standard InChI is InChI=1S/C16H22N4O2.CH2O2/c1-21-7-2-5-18-13-3-4-16-15(9-13)20(6-8-22-16)11-14-10-17-12-19-14;2-1-3/h3-4,9-10,12,18H,2,5-8,11H2,1H3,(H,17,19);1H,(H,2,3). The molecule has 0 saturated carbocycles. The van der Waals surface area contributed by atoms with Crippen LogP contribution in [0.15, 0.2) is 30.7 Å². The lowest BCUT2D eigenvalue weighted by atomic mass is 10.2. The molecule has 0 bridgehead atoms. The number of hydrogen-bond acceptors (Lipinski definition) is 6. The number of ether oxygens (including phenoxy) is 2. The van der Waals surface area contributed by atoms with E-state index in [1.54, 1.807) is 13.4 Å². The van der Waals surface area contributed by atoms with E-state index in [9.17, 15) is 0 Å². The first-order valence-electron chi connectivity index (χ1n) is 8.08. The number of rotatable bonds is 7. The van der Waals surface area contributed by atoms with E-state index in [0.29, 0.717) is 6.61 Å². The summed E-state index contributed by atoms with van der Waals surface area (Å²) >= 11 is 0. The van der Waals surface area contributed by atoms with Gasteiger partial charge in [-0.25, -0.2) is 4.98 Å². The van der Waals surface area contributed by atoms with Gasteiger partial charge in [-0.15, -0.1) is 0 Å². The van der Waals surface area contributed by atoms with Gasteiger partial charge in [0.15, 0.2) is 0 Å². The Kier molecular flexibility index (Phi) is 7.58. The van der Waals surface area contributed by atoms with Gasteiger partial charge in [-0.05, 0) is 24.6 Å². The van der Waals surface area contributed by atoms with Crippen LogP contribution in [0.2, 0.25) is 0 Å². The molecule has 136 valence electrons. The third kappa shape index (κ3) is 5.68. The predicted octanol–water partition coefficient (Wildman–Crippen LogP) is 1.96. The lowest BCUT2D eigenvalue weighted by molar-refractivity contribution is -0.122. The Balaban J connectivity index is 0.000000701. The summed E-state index contributed by atoms with van der Waals surface area (Å²) in [6.07, 6.45) is 4.56. The first-order chi connectivity index (χ1) is 12.3. The molecule has 1 aromatic heterocycles. The van der Waals surface area contributed by atoms with Crippen LogP contribution >= 0.6 is 0 Å². The predicted molar refractivity (Wildman–Crippen MR) is 95.3 cm³/mol. The highest BCUT2D eigenvalue weighted by Gasteiger charge is 2.19. The van der Waals surface area contributed by atoms with E-state index in [2.05, 4.69) is 32.3 Å². The van der Waals surface area contributed by atoms with Crippen molar-refractivity contribution in [1.82, 2.24) is 9.97 Å². The minimum atomic E-state index is -0.250. The number of H-pyrrole nitrogens is 1. The van der Waals surface area contributed by atoms with E-state index in [1.165, 1.54) is 0 Å². The molecule has 0 spiro atoms.